The number of nitrogens with one attached hydrogen (secondary N) is 1. The van der Waals surface area contributed by atoms with Gasteiger partial charge in [-0.15, -0.1) is 5.10 Å². The summed E-state index contributed by atoms with van der Waals surface area (Å²) in [6.45, 7) is 1.91. The van der Waals surface area contributed by atoms with E-state index in [1.807, 2.05) is 31.2 Å². The van der Waals surface area contributed by atoms with Gasteiger partial charge in [0.05, 0.1) is 12.1 Å². The molecular weight excluding hydrogens is 320 g/mol. The van der Waals surface area contributed by atoms with Gasteiger partial charge in [-0.2, -0.15) is 0 Å². The average molecular weight is 338 g/mol. The molecule has 0 saturated carbocycles. The number of carbonyl (C=O) groups is 2. The Morgan fingerprint density at radius 1 is 1.24 bits per heavy atom. The first-order valence-electron chi connectivity index (χ1n) is 7.71. The summed E-state index contributed by atoms with van der Waals surface area (Å²) in [6.07, 6.45) is 1.46. The van der Waals surface area contributed by atoms with Crippen LogP contribution in [0.2, 0.25) is 0 Å². The van der Waals surface area contributed by atoms with Crippen LogP contribution in [-0.4, -0.2) is 50.3 Å². The lowest BCUT2D eigenvalue weighted by molar-refractivity contribution is -0.116. The summed E-state index contributed by atoms with van der Waals surface area (Å²) in [6, 6.07) is 9.08. The van der Waals surface area contributed by atoms with Crippen molar-refractivity contribution in [1.82, 2.24) is 24.9 Å². The van der Waals surface area contributed by atoms with Gasteiger partial charge in [0.2, 0.25) is 5.91 Å². The maximum Gasteiger partial charge on any atom is 0.255 e. The Morgan fingerprint density at radius 3 is 2.68 bits per heavy atom. The summed E-state index contributed by atoms with van der Waals surface area (Å²) < 4.78 is 1.53. The molecule has 0 bridgehead atoms. The van der Waals surface area contributed by atoms with Crippen molar-refractivity contribution in [3.05, 3.63) is 47.7 Å². The molecule has 8 heteroatoms. The summed E-state index contributed by atoms with van der Waals surface area (Å²) in [7, 11) is 3.29. The minimum Gasteiger partial charge on any atom is -0.332 e. The Morgan fingerprint density at radius 2 is 1.96 bits per heavy atom. The smallest absolute Gasteiger partial charge is 0.255 e. The van der Waals surface area contributed by atoms with E-state index >= 15 is 0 Å². The molecule has 0 radical (unpaired) electrons. The molecule has 0 saturated heterocycles. The zero-order valence-electron chi connectivity index (χ0n) is 14.2. The third-order valence-electron chi connectivity index (χ3n) is 3.75. The quantitative estimate of drug-likeness (QED) is 0.776. The molecule has 3 rings (SSSR count). The second-order valence-electron chi connectivity index (χ2n) is 5.86. The van der Waals surface area contributed by atoms with Gasteiger partial charge in [-0.05, 0) is 25.1 Å². The summed E-state index contributed by atoms with van der Waals surface area (Å²) >= 11 is 0. The lowest BCUT2D eigenvalue weighted by Crippen LogP contribution is -2.35. The summed E-state index contributed by atoms with van der Waals surface area (Å²) in [5.41, 5.74) is 3.29. The van der Waals surface area contributed by atoms with E-state index in [1.54, 1.807) is 20.2 Å². The largest absolute Gasteiger partial charge is 0.332 e. The Balaban J connectivity index is 1.66. The van der Waals surface area contributed by atoms with Crippen molar-refractivity contribution in [1.29, 1.82) is 0 Å². The van der Waals surface area contributed by atoms with Crippen LogP contribution in [0.1, 0.15) is 15.9 Å². The molecule has 0 fully saturated rings. The van der Waals surface area contributed by atoms with Gasteiger partial charge >= 0.3 is 0 Å². The monoisotopic (exact) mass is 338 g/mol. The van der Waals surface area contributed by atoms with E-state index in [2.05, 4.69) is 20.6 Å². The number of aryl methyl sites for hydroxylation is 2. The van der Waals surface area contributed by atoms with Crippen LogP contribution in [0, 0.1) is 6.92 Å². The molecule has 1 N–H and O–H groups in total. The van der Waals surface area contributed by atoms with Crippen molar-refractivity contribution in [2.45, 2.75) is 6.92 Å². The van der Waals surface area contributed by atoms with Crippen LogP contribution in [0.15, 0.2) is 36.5 Å². The summed E-state index contributed by atoms with van der Waals surface area (Å²) in [5, 5.41) is 10.6. The minimum absolute atomic E-state index is 0.0643. The van der Waals surface area contributed by atoms with Crippen LogP contribution in [0.5, 0.6) is 0 Å². The first kappa shape index (κ1) is 16.6. The zero-order chi connectivity index (χ0) is 18.0. The SMILES string of the molecule is Cc1ccc(NC(=O)CN(C)C(=O)c2cnc3c(c2)nnn3C)cc1. The Kier molecular flexibility index (Phi) is 4.42. The van der Waals surface area contributed by atoms with Crippen molar-refractivity contribution < 1.29 is 9.59 Å². The molecule has 2 amide bonds. The third-order valence-corrected chi connectivity index (χ3v) is 3.75. The highest BCUT2D eigenvalue weighted by Gasteiger charge is 2.17. The van der Waals surface area contributed by atoms with Gasteiger partial charge < -0.3 is 10.2 Å². The number of fused-ring (bicyclic) bond motifs is 1. The molecule has 3 aromatic rings. The maximum atomic E-state index is 12.5. The minimum atomic E-state index is -0.306. The van der Waals surface area contributed by atoms with E-state index in [4.69, 9.17) is 0 Å². The average Bonchev–Trinajstić information content (AvgIpc) is 2.96. The highest BCUT2D eigenvalue weighted by Crippen LogP contribution is 2.12. The van der Waals surface area contributed by atoms with Crippen molar-refractivity contribution in [3.63, 3.8) is 0 Å². The number of rotatable bonds is 4. The molecule has 0 spiro atoms. The predicted molar refractivity (Wildman–Crippen MR) is 93.1 cm³/mol. The van der Waals surface area contributed by atoms with Gasteiger partial charge in [-0.1, -0.05) is 22.9 Å². The summed E-state index contributed by atoms with van der Waals surface area (Å²) in [5.74, 6) is -0.577. The number of amides is 2. The van der Waals surface area contributed by atoms with Crippen LogP contribution >= 0.6 is 0 Å². The number of likely N-dealkylation sites (N-methyl/N-ethyl adjacent to an activating group) is 1. The molecule has 0 aliphatic carbocycles. The topological polar surface area (TPSA) is 93.0 Å². The highest BCUT2D eigenvalue weighted by atomic mass is 16.2. The number of benzene rings is 1. The lowest BCUT2D eigenvalue weighted by Gasteiger charge is -2.16. The Labute approximate surface area is 144 Å². The number of hydrogen-bond donors (Lipinski definition) is 1. The van der Waals surface area contributed by atoms with E-state index in [0.29, 0.717) is 22.4 Å². The molecule has 1 aromatic carbocycles. The Bertz CT molecular complexity index is 932. The van der Waals surface area contributed by atoms with Gasteiger partial charge in [0.15, 0.2) is 5.65 Å². The van der Waals surface area contributed by atoms with E-state index in [1.165, 1.54) is 15.8 Å². The van der Waals surface area contributed by atoms with Crippen LogP contribution in [0.3, 0.4) is 0 Å². The van der Waals surface area contributed by atoms with Crippen LogP contribution in [0.4, 0.5) is 5.69 Å². The lowest BCUT2D eigenvalue weighted by atomic mass is 10.2. The van der Waals surface area contributed by atoms with E-state index in [9.17, 15) is 9.59 Å². The standard InChI is InChI=1S/C17H18N6O2/c1-11-4-6-13(7-5-11)19-15(24)10-22(2)17(25)12-8-14-16(18-9-12)23(3)21-20-14/h4-9H,10H2,1-3H3,(H,19,24). The van der Waals surface area contributed by atoms with Gasteiger partial charge in [-0.25, -0.2) is 9.67 Å². The molecule has 2 aromatic heterocycles. The summed E-state index contributed by atoms with van der Waals surface area (Å²) in [4.78, 5) is 30.1. The predicted octanol–water partition coefficient (Wildman–Crippen LogP) is 1.38. The molecule has 128 valence electrons. The van der Waals surface area contributed by atoms with Gasteiger partial charge in [0, 0.05) is 26.0 Å². The van der Waals surface area contributed by atoms with Crippen LogP contribution in [0.25, 0.3) is 11.2 Å². The van der Waals surface area contributed by atoms with Gasteiger partial charge in [0.25, 0.3) is 5.91 Å². The van der Waals surface area contributed by atoms with E-state index in [0.717, 1.165) is 5.56 Å². The second-order valence-corrected chi connectivity index (χ2v) is 5.86. The molecule has 0 atom stereocenters. The number of pyridine rings is 1. The first-order valence-corrected chi connectivity index (χ1v) is 7.71. The Hall–Kier alpha value is -3.29. The molecule has 2 heterocycles. The normalized spacial score (nSPS) is 10.7. The molecule has 0 aliphatic rings. The number of aromatic nitrogens is 4. The van der Waals surface area contributed by atoms with Crippen LogP contribution < -0.4 is 5.32 Å². The number of nitrogens with zero attached hydrogens (tertiary/aromatic N) is 5. The first-order chi connectivity index (χ1) is 11.9. The van der Waals surface area contributed by atoms with Crippen molar-refractivity contribution >= 4 is 28.7 Å². The van der Waals surface area contributed by atoms with Gasteiger partial charge in [-0.3, -0.25) is 9.59 Å². The molecule has 25 heavy (non-hydrogen) atoms. The third kappa shape index (κ3) is 3.63. The second kappa shape index (κ2) is 6.68. The fourth-order valence-corrected chi connectivity index (χ4v) is 2.39. The molecule has 0 unspecified atom stereocenters. The fraction of sp³-hybridized carbons (Fsp3) is 0.235. The number of hydrogen-bond acceptors (Lipinski definition) is 5. The zero-order valence-corrected chi connectivity index (χ0v) is 14.2. The van der Waals surface area contributed by atoms with Crippen molar-refractivity contribution in [3.8, 4) is 0 Å². The number of carbonyl (C=O) groups excluding carboxylic acids is 2. The van der Waals surface area contributed by atoms with Crippen LogP contribution in [-0.2, 0) is 11.8 Å². The highest BCUT2D eigenvalue weighted by molar-refractivity contribution is 6.00. The molecular formula is C17H18N6O2. The molecule has 0 aliphatic heterocycles. The molecule has 8 nitrogen and oxygen atoms in total. The fourth-order valence-electron chi connectivity index (χ4n) is 2.39. The van der Waals surface area contributed by atoms with Crippen molar-refractivity contribution in [2.75, 3.05) is 18.9 Å². The van der Waals surface area contributed by atoms with E-state index in [-0.39, 0.29) is 18.4 Å². The van der Waals surface area contributed by atoms with Gasteiger partial charge in [0.1, 0.15) is 5.52 Å². The maximum absolute atomic E-state index is 12.5. The van der Waals surface area contributed by atoms with Crippen molar-refractivity contribution in [2.24, 2.45) is 7.05 Å². The van der Waals surface area contributed by atoms with E-state index < -0.39 is 0 Å². The number of anilines is 1.